The van der Waals surface area contributed by atoms with Crippen LogP contribution in [0.4, 0.5) is 0 Å². The van der Waals surface area contributed by atoms with Crippen LogP contribution in [0.1, 0.15) is 30.1 Å². The first-order chi connectivity index (χ1) is 12.6. The summed E-state index contributed by atoms with van der Waals surface area (Å²) < 4.78 is 0. The van der Waals surface area contributed by atoms with Crippen molar-refractivity contribution in [3.05, 3.63) is 53.4 Å². The van der Waals surface area contributed by atoms with E-state index in [2.05, 4.69) is 6.92 Å². The van der Waals surface area contributed by atoms with Crippen LogP contribution in [0, 0.1) is 5.92 Å². The van der Waals surface area contributed by atoms with Crippen LogP contribution < -0.4 is 5.73 Å². The van der Waals surface area contributed by atoms with Gasteiger partial charge in [-0.2, -0.15) is 0 Å². The van der Waals surface area contributed by atoms with E-state index in [-0.39, 0.29) is 11.9 Å². The van der Waals surface area contributed by atoms with Gasteiger partial charge in [-0.3, -0.25) is 4.79 Å². The highest BCUT2D eigenvalue weighted by Crippen LogP contribution is 2.29. The Morgan fingerprint density at radius 1 is 1.23 bits per heavy atom. The number of amides is 1. The Morgan fingerprint density at radius 3 is 2.69 bits per heavy atom. The Kier molecular flexibility index (Phi) is 4.74. The summed E-state index contributed by atoms with van der Waals surface area (Å²) in [6, 6.07) is 14.1. The van der Waals surface area contributed by atoms with Crippen LogP contribution >= 0.6 is 11.3 Å². The van der Waals surface area contributed by atoms with Crippen molar-refractivity contribution < 1.29 is 4.79 Å². The van der Waals surface area contributed by atoms with Gasteiger partial charge in [0.1, 0.15) is 0 Å². The van der Waals surface area contributed by atoms with Crippen molar-refractivity contribution >= 4 is 28.1 Å². The molecule has 1 fully saturated rings. The number of benzene rings is 1. The van der Waals surface area contributed by atoms with E-state index in [0.29, 0.717) is 5.92 Å². The maximum atomic E-state index is 13.3. The zero-order valence-corrected chi connectivity index (χ0v) is 15.7. The van der Waals surface area contributed by atoms with Crippen molar-refractivity contribution in [2.45, 2.75) is 25.8 Å². The van der Waals surface area contributed by atoms with Gasteiger partial charge in [0.05, 0.1) is 21.7 Å². The summed E-state index contributed by atoms with van der Waals surface area (Å²) in [7, 11) is 0. The largest absolute Gasteiger partial charge is 0.339 e. The average Bonchev–Trinajstić information content (AvgIpc) is 3.21. The minimum Gasteiger partial charge on any atom is -0.339 e. The van der Waals surface area contributed by atoms with Gasteiger partial charge in [-0.1, -0.05) is 24.3 Å². The molecule has 26 heavy (non-hydrogen) atoms. The molecule has 1 saturated heterocycles. The molecule has 0 aliphatic carbocycles. The number of piperidine rings is 1. The van der Waals surface area contributed by atoms with Crippen LogP contribution in [0.15, 0.2) is 47.8 Å². The number of nitrogens with zero attached hydrogens (tertiary/aromatic N) is 2. The number of para-hydroxylation sites is 1. The van der Waals surface area contributed by atoms with Crippen LogP contribution in [0.25, 0.3) is 21.5 Å². The number of hydrogen-bond donors (Lipinski definition) is 1. The van der Waals surface area contributed by atoms with Gasteiger partial charge in [0.25, 0.3) is 5.91 Å². The lowest BCUT2D eigenvalue weighted by atomic mass is 9.90. The predicted molar refractivity (Wildman–Crippen MR) is 107 cm³/mol. The summed E-state index contributed by atoms with van der Waals surface area (Å²) in [6.07, 6.45) is 1.95. The monoisotopic (exact) mass is 365 g/mol. The molecule has 0 saturated carbocycles. The number of thiophene rings is 1. The van der Waals surface area contributed by atoms with Crippen molar-refractivity contribution in [2.75, 3.05) is 13.1 Å². The van der Waals surface area contributed by atoms with Crippen molar-refractivity contribution in [1.82, 2.24) is 9.88 Å². The zero-order valence-electron chi connectivity index (χ0n) is 14.9. The summed E-state index contributed by atoms with van der Waals surface area (Å²) in [6.45, 7) is 3.61. The van der Waals surface area contributed by atoms with E-state index in [1.807, 2.05) is 52.7 Å². The number of likely N-dealkylation sites (tertiary alicyclic amines) is 1. The molecule has 1 amide bonds. The number of rotatable bonds is 3. The Labute approximate surface area is 157 Å². The van der Waals surface area contributed by atoms with Gasteiger partial charge in [-0.15, -0.1) is 11.3 Å². The molecule has 1 atom stereocenters. The molecular weight excluding hydrogens is 342 g/mol. The molecule has 1 unspecified atom stereocenters. The lowest BCUT2D eigenvalue weighted by molar-refractivity contribution is 0.0683. The fourth-order valence-corrected chi connectivity index (χ4v) is 4.39. The van der Waals surface area contributed by atoms with Crippen molar-refractivity contribution in [3.63, 3.8) is 0 Å². The van der Waals surface area contributed by atoms with E-state index in [9.17, 15) is 4.79 Å². The molecule has 3 aromatic rings. The Morgan fingerprint density at radius 2 is 2.00 bits per heavy atom. The standard InChI is InChI=1S/C21H23N3OS/c1-14(22)15-8-10-24(11-9-15)21(25)17-13-19(20-7-4-12-26-20)23-18-6-3-2-5-16(17)18/h2-7,12-15H,8-11,22H2,1H3. The highest BCUT2D eigenvalue weighted by Gasteiger charge is 2.26. The average molecular weight is 366 g/mol. The normalized spacial score (nSPS) is 16.8. The van der Waals surface area contributed by atoms with E-state index in [1.165, 1.54) is 0 Å². The SMILES string of the molecule is CC(N)C1CCN(C(=O)c2cc(-c3cccs3)nc3ccccc23)CC1. The number of nitrogens with two attached hydrogens (primary N) is 1. The number of fused-ring (bicyclic) bond motifs is 1. The molecule has 0 spiro atoms. The van der Waals surface area contributed by atoms with Crippen molar-refractivity contribution in [3.8, 4) is 10.6 Å². The first kappa shape index (κ1) is 17.2. The second kappa shape index (κ2) is 7.17. The van der Waals surface area contributed by atoms with Crippen LogP contribution in [-0.4, -0.2) is 34.9 Å². The van der Waals surface area contributed by atoms with E-state index in [4.69, 9.17) is 10.7 Å². The van der Waals surface area contributed by atoms with Gasteiger partial charge in [0, 0.05) is 24.5 Å². The Bertz CT molecular complexity index is 912. The summed E-state index contributed by atoms with van der Waals surface area (Å²) in [5, 5.41) is 2.96. The highest BCUT2D eigenvalue weighted by molar-refractivity contribution is 7.13. The van der Waals surface area contributed by atoms with Gasteiger partial charge in [0.2, 0.25) is 0 Å². The molecule has 1 aromatic carbocycles. The lowest BCUT2D eigenvalue weighted by Crippen LogP contribution is -2.42. The van der Waals surface area contributed by atoms with Crippen molar-refractivity contribution in [2.24, 2.45) is 11.7 Å². The van der Waals surface area contributed by atoms with E-state index >= 15 is 0 Å². The van der Waals surface area contributed by atoms with E-state index in [0.717, 1.165) is 53.0 Å². The summed E-state index contributed by atoms with van der Waals surface area (Å²) in [4.78, 5) is 21.1. The first-order valence-electron chi connectivity index (χ1n) is 9.12. The lowest BCUT2D eigenvalue weighted by Gasteiger charge is -2.34. The Hall–Kier alpha value is -2.24. The minimum absolute atomic E-state index is 0.101. The third kappa shape index (κ3) is 3.24. The molecule has 2 N–H and O–H groups in total. The topological polar surface area (TPSA) is 59.2 Å². The fourth-order valence-electron chi connectivity index (χ4n) is 3.70. The predicted octanol–water partition coefficient (Wildman–Crippen LogP) is 4.16. The number of pyridine rings is 1. The Balaban J connectivity index is 1.70. The molecule has 0 radical (unpaired) electrons. The maximum absolute atomic E-state index is 13.3. The molecule has 5 heteroatoms. The molecule has 1 aliphatic heterocycles. The molecule has 4 nitrogen and oxygen atoms in total. The van der Waals surface area contributed by atoms with Crippen molar-refractivity contribution in [1.29, 1.82) is 0 Å². The third-order valence-electron chi connectivity index (χ3n) is 5.29. The number of carbonyl (C=O) groups is 1. The molecule has 3 heterocycles. The van der Waals surface area contributed by atoms with Gasteiger partial charge in [-0.25, -0.2) is 4.98 Å². The van der Waals surface area contributed by atoms with Gasteiger partial charge >= 0.3 is 0 Å². The number of aromatic nitrogens is 1. The zero-order chi connectivity index (χ0) is 18.1. The quantitative estimate of drug-likeness (QED) is 0.758. The van der Waals surface area contributed by atoms with Gasteiger partial charge < -0.3 is 10.6 Å². The van der Waals surface area contributed by atoms with E-state index < -0.39 is 0 Å². The summed E-state index contributed by atoms with van der Waals surface area (Å²) in [5.41, 5.74) is 8.52. The number of hydrogen-bond acceptors (Lipinski definition) is 4. The first-order valence-corrected chi connectivity index (χ1v) is 10.00. The molecule has 134 valence electrons. The summed E-state index contributed by atoms with van der Waals surface area (Å²) >= 11 is 1.64. The fraction of sp³-hybridized carbons (Fsp3) is 0.333. The maximum Gasteiger partial charge on any atom is 0.254 e. The van der Waals surface area contributed by atoms with Crippen LogP contribution in [0.3, 0.4) is 0 Å². The van der Waals surface area contributed by atoms with Crippen LogP contribution in [-0.2, 0) is 0 Å². The highest BCUT2D eigenvalue weighted by atomic mass is 32.1. The van der Waals surface area contributed by atoms with Crippen LogP contribution in [0.5, 0.6) is 0 Å². The third-order valence-corrected chi connectivity index (χ3v) is 6.18. The van der Waals surface area contributed by atoms with E-state index in [1.54, 1.807) is 11.3 Å². The molecule has 0 bridgehead atoms. The summed E-state index contributed by atoms with van der Waals surface area (Å²) in [5.74, 6) is 0.611. The molecular formula is C21H23N3OS. The molecule has 4 rings (SSSR count). The van der Waals surface area contributed by atoms with Gasteiger partial charge in [0.15, 0.2) is 0 Å². The molecule has 1 aliphatic rings. The molecule has 2 aromatic heterocycles. The smallest absolute Gasteiger partial charge is 0.254 e. The van der Waals surface area contributed by atoms with Gasteiger partial charge in [-0.05, 0) is 49.3 Å². The van der Waals surface area contributed by atoms with Crippen LogP contribution in [0.2, 0.25) is 0 Å². The number of carbonyl (C=O) groups excluding carboxylic acids is 1. The second-order valence-corrected chi connectivity index (χ2v) is 7.99. The second-order valence-electron chi connectivity index (χ2n) is 7.04. The minimum atomic E-state index is 0.101.